The maximum Gasteiger partial charge on any atom is 0.272 e. The molecule has 0 saturated heterocycles. The lowest BCUT2D eigenvalue weighted by atomic mass is 10.2. The maximum atomic E-state index is 12.0. The van der Waals surface area contributed by atoms with E-state index in [9.17, 15) is 4.79 Å². The summed E-state index contributed by atoms with van der Waals surface area (Å²) >= 11 is 5.96. The van der Waals surface area contributed by atoms with Gasteiger partial charge in [-0.25, -0.2) is 0 Å². The van der Waals surface area contributed by atoms with Gasteiger partial charge in [0, 0.05) is 22.8 Å². The first-order chi connectivity index (χ1) is 9.17. The fourth-order valence-corrected chi connectivity index (χ4v) is 2.21. The van der Waals surface area contributed by atoms with E-state index in [4.69, 9.17) is 16.3 Å². The first-order valence-electron chi connectivity index (χ1n) is 5.72. The van der Waals surface area contributed by atoms with Crippen LogP contribution < -0.4 is 10.3 Å². The molecular formula is C14H11ClN2O2. The molecule has 96 valence electrons. The van der Waals surface area contributed by atoms with Gasteiger partial charge in [0.2, 0.25) is 0 Å². The van der Waals surface area contributed by atoms with Gasteiger partial charge in [0.15, 0.2) is 0 Å². The molecule has 0 unspecified atom stereocenters. The van der Waals surface area contributed by atoms with Crippen LogP contribution in [0, 0.1) is 0 Å². The van der Waals surface area contributed by atoms with Crippen molar-refractivity contribution < 1.29 is 4.74 Å². The Morgan fingerprint density at radius 3 is 2.84 bits per heavy atom. The zero-order valence-electron chi connectivity index (χ0n) is 10.2. The van der Waals surface area contributed by atoms with Crippen LogP contribution in [-0.4, -0.2) is 16.5 Å². The first-order valence-corrected chi connectivity index (χ1v) is 6.10. The Bertz CT molecular complexity index is 805. The number of fused-ring (bicyclic) bond motifs is 1. The minimum atomic E-state index is -0.166. The van der Waals surface area contributed by atoms with Crippen LogP contribution in [0.1, 0.15) is 0 Å². The molecule has 3 rings (SSSR count). The fourth-order valence-electron chi connectivity index (χ4n) is 2.01. The van der Waals surface area contributed by atoms with Crippen LogP contribution in [0.25, 0.3) is 16.8 Å². The molecule has 0 bridgehead atoms. The lowest BCUT2D eigenvalue weighted by Crippen LogP contribution is -2.09. The topological polar surface area (TPSA) is 46.5 Å². The van der Waals surface area contributed by atoms with Gasteiger partial charge in [0.25, 0.3) is 5.56 Å². The Labute approximate surface area is 114 Å². The predicted octanol–water partition coefficient (Wildman–Crippen LogP) is 2.96. The van der Waals surface area contributed by atoms with Crippen molar-refractivity contribution in [3.8, 4) is 17.0 Å². The van der Waals surface area contributed by atoms with Crippen LogP contribution in [0.2, 0.25) is 5.02 Å². The van der Waals surface area contributed by atoms with Crippen molar-refractivity contribution in [2.24, 2.45) is 0 Å². The van der Waals surface area contributed by atoms with Gasteiger partial charge in [-0.2, -0.15) is 0 Å². The zero-order valence-corrected chi connectivity index (χ0v) is 10.9. The summed E-state index contributed by atoms with van der Waals surface area (Å²) in [6, 6.07) is 9.03. The van der Waals surface area contributed by atoms with E-state index in [1.165, 1.54) is 0 Å². The van der Waals surface area contributed by atoms with E-state index in [1.54, 1.807) is 35.9 Å². The SMILES string of the molecule is COc1cc2c(=O)[nH]c(-c3cccc(Cl)c3)cn2c1. The normalized spacial score (nSPS) is 10.8. The molecule has 0 aliphatic carbocycles. The second-order valence-corrected chi connectivity index (χ2v) is 4.62. The Balaban J connectivity index is 2.23. The molecule has 2 aromatic heterocycles. The van der Waals surface area contributed by atoms with E-state index in [1.807, 2.05) is 18.3 Å². The number of benzene rings is 1. The summed E-state index contributed by atoms with van der Waals surface area (Å²) in [7, 11) is 1.57. The van der Waals surface area contributed by atoms with E-state index in [-0.39, 0.29) is 5.56 Å². The number of rotatable bonds is 2. The summed E-state index contributed by atoms with van der Waals surface area (Å²) in [5.41, 5.74) is 1.95. The van der Waals surface area contributed by atoms with E-state index in [2.05, 4.69) is 4.98 Å². The highest BCUT2D eigenvalue weighted by molar-refractivity contribution is 6.30. The van der Waals surface area contributed by atoms with Gasteiger partial charge in [-0.05, 0) is 12.1 Å². The third kappa shape index (κ3) is 2.11. The van der Waals surface area contributed by atoms with E-state index >= 15 is 0 Å². The number of ether oxygens (including phenoxy) is 1. The van der Waals surface area contributed by atoms with Crippen LogP contribution in [-0.2, 0) is 0 Å². The Kier molecular flexibility index (Phi) is 2.80. The highest BCUT2D eigenvalue weighted by Gasteiger charge is 2.07. The van der Waals surface area contributed by atoms with Crippen molar-refractivity contribution >= 4 is 17.1 Å². The van der Waals surface area contributed by atoms with E-state index in [0.717, 1.165) is 5.56 Å². The molecule has 5 heteroatoms. The number of methoxy groups -OCH3 is 1. The van der Waals surface area contributed by atoms with Crippen molar-refractivity contribution in [3.05, 3.63) is 58.1 Å². The van der Waals surface area contributed by atoms with Gasteiger partial charge < -0.3 is 14.1 Å². The summed E-state index contributed by atoms with van der Waals surface area (Å²) in [4.78, 5) is 14.9. The predicted molar refractivity (Wildman–Crippen MR) is 75.0 cm³/mol. The summed E-state index contributed by atoms with van der Waals surface area (Å²) in [5.74, 6) is 0.647. The second-order valence-electron chi connectivity index (χ2n) is 4.18. The Morgan fingerprint density at radius 1 is 1.26 bits per heavy atom. The van der Waals surface area contributed by atoms with Crippen LogP contribution in [0.15, 0.2) is 47.5 Å². The van der Waals surface area contributed by atoms with Gasteiger partial charge in [0.05, 0.1) is 19.0 Å². The number of aromatic amines is 1. The van der Waals surface area contributed by atoms with Crippen LogP contribution in [0.5, 0.6) is 5.75 Å². The summed E-state index contributed by atoms with van der Waals surface area (Å²) in [5, 5.41) is 0.628. The maximum absolute atomic E-state index is 12.0. The Morgan fingerprint density at radius 2 is 2.11 bits per heavy atom. The van der Waals surface area contributed by atoms with Gasteiger partial charge in [-0.3, -0.25) is 4.79 Å². The van der Waals surface area contributed by atoms with Gasteiger partial charge in [-0.1, -0.05) is 23.7 Å². The summed E-state index contributed by atoms with van der Waals surface area (Å²) in [6.07, 6.45) is 3.60. The van der Waals surface area contributed by atoms with Gasteiger partial charge in [-0.15, -0.1) is 0 Å². The molecule has 1 N–H and O–H groups in total. The van der Waals surface area contributed by atoms with Crippen molar-refractivity contribution in [2.45, 2.75) is 0 Å². The monoisotopic (exact) mass is 274 g/mol. The lowest BCUT2D eigenvalue weighted by molar-refractivity contribution is 0.415. The van der Waals surface area contributed by atoms with Crippen molar-refractivity contribution in [2.75, 3.05) is 7.11 Å². The standard InChI is InChI=1S/C14H11ClN2O2/c1-19-11-6-13-14(18)16-12(8-17(13)7-11)9-3-2-4-10(15)5-9/h2-8H,1H3,(H,16,18). The average Bonchev–Trinajstić information content (AvgIpc) is 2.82. The van der Waals surface area contributed by atoms with Crippen molar-refractivity contribution in [1.82, 2.24) is 9.38 Å². The third-order valence-corrected chi connectivity index (χ3v) is 3.18. The molecule has 0 fully saturated rings. The molecule has 0 aliphatic heterocycles. The molecule has 0 spiro atoms. The molecule has 0 radical (unpaired) electrons. The van der Waals surface area contributed by atoms with E-state index < -0.39 is 0 Å². The number of nitrogens with zero attached hydrogens (tertiary/aromatic N) is 1. The van der Waals surface area contributed by atoms with Crippen LogP contribution >= 0.6 is 11.6 Å². The van der Waals surface area contributed by atoms with Crippen molar-refractivity contribution in [3.63, 3.8) is 0 Å². The largest absolute Gasteiger partial charge is 0.495 e. The van der Waals surface area contributed by atoms with Crippen LogP contribution in [0.3, 0.4) is 0 Å². The molecule has 0 saturated carbocycles. The molecule has 0 atom stereocenters. The molecular weight excluding hydrogens is 264 g/mol. The number of hydrogen-bond acceptors (Lipinski definition) is 2. The summed E-state index contributed by atoms with van der Waals surface area (Å²) < 4.78 is 6.87. The minimum Gasteiger partial charge on any atom is -0.495 e. The van der Waals surface area contributed by atoms with E-state index in [0.29, 0.717) is 22.0 Å². The first kappa shape index (κ1) is 11.9. The summed E-state index contributed by atoms with van der Waals surface area (Å²) in [6.45, 7) is 0. The van der Waals surface area contributed by atoms with Crippen LogP contribution in [0.4, 0.5) is 0 Å². The average molecular weight is 275 g/mol. The third-order valence-electron chi connectivity index (χ3n) is 2.94. The molecule has 0 amide bonds. The highest BCUT2D eigenvalue weighted by atomic mass is 35.5. The molecule has 19 heavy (non-hydrogen) atoms. The molecule has 2 heterocycles. The second kappa shape index (κ2) is 4.48. The Hall–Kier alpha value is -2.20. The lowest BCUT2D eigenvalue weighted by Gasteiger charge is -2.03. The smallest absolute Gasteiger partial charge is 0.272 e. The van der Waals surface area contributed by atoms with Crippen molar-refractivity contribution in [1.29, 1.82) is 0 Å². The molecule has 3 aromatic rings. The minimum absolute atomic E-state index is 0.166. The van der Waals surface area contributed by atoms with Gasteiger partial charge in [0.1, 0.15) is 11.3 Å². The van der Waals surface area contributed by atoms with Gasteiger partial charge >= 0.3 is 0 Å². The highest BCUT2D eigenvalue weighted by Crippen LogP contribution is 2.21. The quantitative estimate of drug-likeness (QED) is 0.781. The molecule has 0 aliphatic rings. The number of hydrogen-bond donors (Lipinski definition) is 1. The fraction of sp³-hybridized carbons (Fsp3) is 0.0714. The molecule has 4 nitrogen and oxygen atoms in total. The molecule has 1 aromatic carbocycles. The zero-order chi connectivity index (χ0) is 13.4. The number of halogens is 1. The number of nitrogens with one attached hydrogen (secondary N) is 1. The number of H-pyrrole nitrogens is 1. The number of aromatic nitrogens is 2.